The molecule has 0 aromatic heterocycles. The predicted octanol–water partition coefficient (Wildman–Crippen LogP) is 4.21. The number of hydrogen-bond acceptors (Lipinski definition) is 2. The van der Waals surface area contributed by atoms with Gasteiger partial charge in [-0.15, -0.1) is 0 Å². The smallest absolute Gasteiger partial charge is 0.125 e. The maximum absolute atomic E-state index is 13.3. The summed E-state index contributed by atoms with van der Waals surface area (Å²) >= 11 is 9.67. The molecule has 106 valence electrons. The molecule has 1 N–H and O–H groups in total. The normalized spacial score (nSPS) is 27.7. The molecule has 0 saturated carbocycles. The summed E-state index contributed by atoms with van der Waals surface area (Å²) in [4.78, 5) is 2.26. The van der Waals surface area contributed by atoms with Gasteiger partial charge in [0.25, 0.3) is 0 Å². The molecule has 2 atom stereocenters. The number of halogens is 3. The summed E-state index contributed by atoms with van der Waals surface area (Å²) in [6, 6.07) is 3.16. The maximum Gasteiger partial charge on any atom is 0.125 e. The molecule has 1 fully saturated rings. The summed E-state index contributed by atoms with van der Waals surface area (Å²) < 4.78 is 14.1. The minimum Gasteiger partial charge on any atom is -0.364 e. The van der Waals surface area contributed by atoms with Crippen LogP contribution in [0.25, 0.3) is 0 Å². The van der Waals surface area contributed by atoms with Crippen LogP contribution in [0.1, 0.15) is 27.2 Å². The van der Waals surface area contributed by atoms with Crippen molar-refractivity contribution in [3.8, 4) is 0 Å². The van der Waals surface area contributed by atoms with Gasteiger partial charge in [0.2, 0.25) is 0 Å². The fraction of sp³-hybridized carbons (Fsp3) is 0.571. The van der Waals surface area contributed by atoms with Gasteiger partial charge < -0.3 is 10.2 Å². The second-order valence-electron chi connectivity index (χ2n) is 5.49. The Hall–Kier alpha value is -0.320. The van der Waals surface area contributed by atoms with E-state index in [9.17, 15) is 4.39 Å². The van der Waals surface area contributed by atoms with E-state index in [0.717, 1.165) is 25.2 Å². The molecule has 1 heterocycles. The Morgan fingerprint density at radius 3 is 2.84 bits per heavy atom. The average molecular weight is 350 g/mol. The summed E-state index contributed by atoms with van der Waals surface area (Å²) in [5, 5.41) is 4.03. The maximum atomic E-state index is 13.3. The van der Waals surface area contributed by atoms with E-state index >= 15 is 0 Å². The summed E-state index contributed by atoms with van der Waals surface area (Å²) in [5.41, 5.74) is 0.945. The highest BCUT2D eigenvalue weighted by Crippen LogP contribution is 2.38. The van der Waals surface area contributed by atoms with Crippen LogP contribution in [-0.4, -0.2) is 24.7 Å². The molecule has 1 aromatic rings. The molecule has 2 nitrogen and oxygen atoms in total. The van der Waals surface area contributed by atoms with Gasteiger partial charge in [0.15, 0.2) is 0 Å². The molecule has 1 aliphatic rings. The third-order valence-corrected chi connectivity index (χ3v) is 4.82. The van der Waals surface area contributed by atoms with Gasteiger partial charge >= 0.3 is 0 Å². The van der Waals surface area contributed by atoms with Crippen molar-refractivity contribution in [2.75, 3.05) is 18.0 Å². The first-order valence-corrected chi connectivity index (χ1v) is 7.69. The third-order valence-electron chi connectivity index (χ3n) is 3.92. The Morgan fingerprint density at radius 1 is 1.58 bits per heavy atom. The van der Waals surface area contributed by atoms with Gasteiger partial charge in [0.1, 0.15) is 5.82 Å². The van der Waals surface area contributed by atoms with E-state index in [1.54, 1.807) is 0 Å². The number of benzene rings is 1. The monoisotopic (exact) mass is 348 g/mol. The second-order valence-corrected chi connectivity index (χ2v) is 6.75. The van der Waals surface area contributed by atoms with Crippen LogP contribution in [0.15, 0.2) is 16.6 Å². The number of anilines is 1. The van der Waals surface area contributed by atoms with E-state index in [1.165, 1.54) is 12.1 Å². The van der Waals surface area contributed by atoms with Crippen molar-refractivity contribution in [3.05, 3.63) is 27.4 Å². The Labute approximate surface area is 127 Å². The van der Waals surface area contributed by atoms with Crippen molar-refractivity contribution in [1.29, 1.82) is 0 Å². The topological polar surface area (TPSA) is 15.3 Å². The molecule has 0 amide bonds. The van der Waals surface area contributed by atoms with E-state index in [0.29, 0.717) is 15.5 Å². The van der Waals surface area contributed by atoms with Crippen LogP contribution in [0.5, 0.6) is 0 Å². The first-order valence-electron chi connectivity index (χ1n) is 6.52. The summed E-state index contributed by atoms with van der Waals surface area (Å²) in [6.07, 6.45) is 1.03. The quantitative estimate of drug-likeness (QED) is 0.860. The molecule has 1 aromatic carbocycles. The molecule has 0 radical (unpaired) electrons. The first-order chi connectivity index (χ1) is 8.86. The second kappa shape index (κ2) is 5.58. The predicted molar refractivity (Wildman–Crippen MR) is 82.6 cm³/mol. The van der Waals surface area contributed by atoms with E-state index in [-0.39, 0.29) is 11.4 Å². The van der Waals surface area contributed by atoms with E-state index in [1.807, 2.05) is 0 Å². The van der Waals surface area contributed by atoms with Crippen LogP contribution in [0.2, 0.25) is 5.02 Å². The average Bonchev–Trinajstić information content (AvgIpc) is 2.32. The van der Waals surface area contributed by atoms with Crippen molar-refractivity contribution in [3.63, 3.8) is 0 Å². The van der Waals surface area contributed by atoms with Crippen LogP contribution in [-0.2, 0) is 0 Å². The van der Waals surface area contributed by atoms with Gasteiger partial charge in [-0.3, -0.25) is 0 Å². The molecule has 0 spiro atoms. The summed E-state index contributed by atoms with van der Waals surface area (Å²) in [7, 11) is 0. The Kier molecular flexibility index (Phi) is 4.43. The van der Waals surface area contributed by atoms with Gasteiger partial charge in [-0.1, -0.05) is 18.5 Å². The van der Waals surface area contributed by atoms with Crippen molar-refractivity contribution in [2.24, 2.45) is 0 Å². The van der Waals surface area contributed by atoms with Gasteiger partial charge in [-0.2, -0.15) is 0 Å². The standard InChI is InChI=1S/C14H19BrClFN2/c1-4-14(3)8-19(9(2)7-18-14)13-11(15)5-10(17)6-12(13)16/h5-6,9,18H,4,7-8H2,1-3H3. The zero-order valence-electron chi connectivity index (χ0n) is 11.4. The highest BCUT2D eigenvalue weighted by molar-refractivity contribution is 9.10. The molecule has 19 heavy (non-hydrogen) atoms. The molecule has 5 heteroatoms. The number of nitrogens with one attached hydrogen (secondary N) is 1. The van der Waals surface area contributed by atoms with Gasteiger partial charge in [0, 0.05) is 29.1 Å². The highest BCUT2D eigenvalue weighted by atomic mass is 79.9. The van der Waals surface area contributed by atoms with Gasteiger partial charge in [0.05, 0.1) is 10.7 Å². The molecule has 1 aliphatic heterocycles. The van der Waals surface area contributed by atoms with E-state index < -0.39 is 0 Å². The number of piperazine rings is 1. The third kappa shape index (κ3) is 3.06. The summed E-state index contributed by atoms with van der Waals surface area (Å²) in [6.45, 7) is 8.27. The first kappa shape index (κ1) is 15.1. The zero-order chi connectivity index (χ0) is 14.2. The van der Waals surface area contributed by atoms with Crippen molar-refractivity contribution < 1.29 is 4.39 Å². The highest BCUT2D eigenvalue weighted by Gasteiger charge is 2.34. The molecule has 1 saturated heterocycles. The molecule has 2 rings (SSSR count). The van der Waals surface area contributed by atoms with Gasteiger partial charge in [-0.05, 0) is 48.3 Å². The number of rotatable bonds is 2. The van der Waals surface area contributed by atoms with E-state index in [2.05, 4.69) is 46.9 Å². The minimum atomic E-state index is -0.318. The lowest BCUT2D eigenvalue weighted by Gasteiger charge is -2.46. The Morgan fingerprint density at radius 2 is 2.26 bits per heavy atom. The zero-order valence-corrected chi connectivity index (χ0v) is 13.8. The van der Waals surface area contributed by atoms with Crippen LogP contribution < -0.4 is 10.2 Å². The van der Waals surface area contributed by atoms with Crippen LogP contribution in [0.3, 0.4) is 0 Å². The molecular formula is C14H19BrClFN2. The van der Waals surface area contributed by atoms with Crippen molar-refractivity contribution in [1.82, 2.24) is 5.32 Å². The Bertz CT molecular complexity index is 460. The molecule has 0 aliphatic carbocycles. The van der Waals surface area contributed by atoms with Crippen LogP contribution in [0.4, 0.5) is 10.1 Å². The van der Waals surface area contributed by atoms with Crippen molar-refractivity contribution >= 4 is 33.2 Å². The van der Waals surface area contributed by atoms with Crippen molar-refractivity contribution in [2.45, 2.75) is 38.8 Å². The minimum absolute atomic E-state index is 0.0592. The Balaban J connectivity index is 2.39. The van der Waals surface area contributed by atoms with E-state index in [4.69, 9.17) is 11.6 Å². The molecule has 2 unspecified atom stereocenters. The molecular weight excluding hydrogens is 331 g/mol. The van der Waals surface area contributed by atoms with Gasteiger partial charge in [-0.25, -0.2) is 4.39 Å². The summed E-state index contributed by atoms with van der Waals surface area (Å²) in [5.74, 6) is -0.318. The largest absolute Gasteiger partial charge is 0.364 e. The lowest BCUT2D eigenvalue weighted by Crippen LogP contribution is -2.62. The van der Waals surface area contributed by atoms with Crippen LogP contribution in [0, 0.1) is 5.82 Å². The fourth-order valence-electron chi connectivity index (χ4n) is 2.44. The lowest BCUT2D eigenvalue weighted by molar-refractivity contribution is 0.285. The SMILES string of the molecule is CCC1(C)CN(c2c(Cl)cc(F)cc2Br)C(C)CN1. The van der Waals surface area contributed by atoms with Crippen LogP contribution >= 0.6 is 27.5 Å². The number of hydrogen-bond donors (Lipinski definition) is 1. The number of nitrogens with zero attached hydrogens (tertiary/aromatic N) is 1. The molecule has 0 bridgehead atoms. The lowest BCUT2D eigenvalue weighted by atomic mass is 9.93. The fourth-order valence-corrected chi connectivity index (χ4v) is 3.53.